The zero-order valence-corrected chi connectivity index (χ0v) is 14.3. The average molecular weight is 360 g/mol. The fourth-order valence-corrected chi connectivity index (χ4v) is 2.43. The van der Waals surface area contributed by atoms with Crippen LogP contribution in [0.4, 0.5) is 0 Å². The number of ether oxygens (including phenoxy) is 3. The number of fused-ring (bicyclic) bond motifs is 1. The molecule has 0 fully saturated rings. The number of carbonyl (C=O) groups is 4. The molecule has 0 N–H and O–H groups in total. The summed E-state index contributed by atoms with van der Waals surface area (Å²) in [5.74, 6) is -3.98. The van der Waals surface area contributed by atoms with Gasteiger partial charge in [0.25, 0.3) is 11.8 Å². The van der Waals surface area contributed by atoms with Crippen molar-refractivity contribution in [3.63, 3.8) is 0 Å². The van der Waals surface area contributed by atoms with Crippen LogP contribution in [0.5, 0.6) is 0 Å². The molecule has 2 rings (SSSR count). The maximum absolute atomic E-state index is 12.6. The van der Waals surface area contributed by atoms with Crippen molar-refractivity contribution in [3.8, 4) is 6.07 Å². The molecular formula is C17H16N2O7. The number of nitriles is 1. The van der Waals surface area contributed by atoms with Crippen LogP contribution in [0, 0.1) is 11.3 Å². The lowest BCUT2D eigenvalue weighted by molar-refractivity contribution is -0.185. The minimum atomic E-state index is -2.67. The molecule has 0 saturated heterocycles. The first-order valence-corrected chi connectivity index (χ1v) is 7.66. The Kier molecular flexibility index (Phi) is 5.38. The van der Waals surface area contributed by atoms with Gasteiger partial charge in [-0.3, -0.25) is 9.59 Å². The highest BCUT2D eigenvalue weighted by Crippen LogP contribution is 2.31. The van der Waals surface area contributed by atoms with Crippen LogP contribution in [0.2, 0.25) is 0 Å². The van der Waals surface area contributed by atoms with Crippen molar-refractivity contribution >= 4 is 23.8 Å². The lowest BCUT2D eigenvalue weighted by atomic mass is 10.1. The molecule has 1 aliphatic rings. The van der Waals surface area contributed by atoms with E-state index in [9.17, 15) is 24.4 Å². The van der Waals surface area contributed by atoms with Crippen molar-refractivity contribution in [2.24, 2.45) is 0 Å². The maximum Gasteiger partial charge on any atom is 0.377 e. The van der Waals surface area contributed by atoms with E-state index < -0.39 is 35.6 Å². The summed E-state index contributed by atoms with van der Waals surface area (Å²) in [7, 11) is 0.975. The topological polar surface area (TPSA) is 123 Å². The number of benzene rings is 1. The summed E-state index contributed by atoms with van der Waals surface area (Å²) in [6, 6.07) is 7.37. The van der Waals surface area contributed by atoms with Crippen molar-refractivity contribution in [1.82, 2.24) is 4.90 Å². The number of imide groups is 1. The Morgan fingerprint density at radius 3 is 2.19 bits per heavy atom. The van der Waals surface area contributed by atoms with Gasteiger partial charge in [0.05, 0.1) is 17.7 Å². The van der Waals surface area contributed by atoms with Crippen LogP contribution in [0.3, 0.4) is 0 Å². The van der Waals surface area contributed by atoms with Gasteiger partial charge in [-0.2, -0.15) is 5.26 Å². The SMILES string of the molecule is CCOC(=O)[C@H](C)OC(=O)[C@@](C#N)(OC)N1C(=O)c2ccccc2C1=O. The summed E-state index contributed by atoms with van der Waals surface area (Å²) in [5.41, 5.74) is -2.62. The van der Waals surface area contributed by atoms with Crippen molar-refractivity contribution in [1.29, 1.82) is 5.26 Å². The molecule has 9 heteroatoms. The van der Waals surface area contributed by atoms with E-state index in [1.807, 2.05) is 0 Å². The zero-order chi connectivity index (χ0) is 19.5. The summed E-state index contributed by atoms with van der Waals surface area (Å²) >= 11 is 0. The molecule has 2 atom stereocenters. The van der Waals surface area contributed by atoms with Gasteiger partial charge in [0.1, 0.15) is 6.07 Å². The molecule has 0 spiro atoms. The Bertz CT molecular complexity index is 779. The molecule has 26 heavy (non-hydrogen) atoms. The molecule has 0 bridgehead atoms. The van der Waals surface area contributed by atoms with Crippen molar-refractivity contribution in [2.75, 3.05) is 13.7 Å². The van der Waals surface area contributed by atoms with Gasteiger partial charge in [0, 0.05) is 7.11 Å². The normalized spacial score (nSPS) is 16.3. The van der Waals surface area contributed by atoms with Crippen LogP contribution in [-0.2, 0) is 23.8 Å². The van der Waals surface area contributed by atoms with Gasteiger partial charge in [-0.05, 0) is 26.0 Å². The van der Waals surface area contributed by atoms with E-state index in [-0.39, 0.29) is 17.7 Å². The average Bonchev–Trinajstić information content (AvgIpc) is 2.89. The molecule has 1 aliphatic heterocycles. The molecule has 0 radical (unpaired) electrons. The van der Waals surface area contributed by atoms with Gasteiger partial charge in [0.15, 0.2) is 6.10 Å². The molecule has 0 aromatic heterocycles. The lowest BCUT2D eigenvalue weighted by Gasteiger charge is -2.31. The number of carbonyl (C=O) groups excluding carboxylic acids is 4. The van der Waals surface area contributed by atoms with Crippen molar-refractivity contribution in [2.45, 2.75) is 25.7 Å². The van der Waals surface area contributed by atoms with Gasteiger partial charge in [0.2, 0.25) is 0 Å². The van der Waals surface area contributed by atoms with Gasteiger partial charge in [-0.15, -0.1) is 0 Å². The van der Waals surface area contributed by atoms with E-state index in [4.69, 9.17) is 14.2 Å². The third-order valence-corrected chi connectivity index (χ3v) is 3.73. The highest BCUT2D eigenvalue weighted by atomic mass is 16.6. The summed E-state index contributed by atoms with van der Waals surface area (Å²) in [4.78, 5) is 49.7. The van der Waals surface area contributed by atoms with Crippen LogP contribution in [0.15, 0.2) is 24.3 Å². The van der Waals surface area contributed by atoms with Crippen molar-refractivity contribution in [3.05, 3.63) is 35.4 Å². The van der Waals surface area contributed by atoms with E-state index >= 15 is 0 Å². The number of amides is 2. The fourth-order valence-electron chi connectivity index (χ4n) is 2.43. The smallest absolute Gasteiger partial charge is 0.377 e. The molecule has 0 aliphatic carbocycles. The number of rotatable bonds is 6. The van der Waals surface area contributed by atoms with Gasteiger partial charge in [-0.25, -0.2) is 14.5 Å². The lowest BCUT2D eigenvalue weighted by Crippen LogP contribution is -2.59. The van der Waals surface area contributed by atoms with Gasteiger partial charge < -0.3 is 14.2 Å². The van der Waals surface area contributed by atoms with Crippen LogP contribution in [-0.4, -0.2) is 54.2 Å². The molecule has 9 nitrogen and oxygen atoms in total. The van der Waals surface area contributed by atoms with Crippen molar-refractivity contribution < 1.29 is 33.4 Å². The quantitative estimate of drug-likeness (QED) is 0.535. The third kappa shape index (κ3) is 2.91. The van der Waals surface area contributed by atoms with E-state index in [1.54, 1.807) is 6.92 Å². The number of methoxy groups -OCH3 is 1. The van der Waals surface area contributed by atoms with E-state index in [2.05, 4.69) is 0 Å². The van der Waals surface area contributed by atoms with Gasteiger partial charge >= 0.3 is 17.7 Å². The van der Waals surface area contributed by atoms with Crippen LogP contribution >= 0.6 is 0 Å². The summed E-state index contributed by atoms with van der Waals surface area (Å²) < 4.78 is 14.6. The minimum Gasteiger partial charge on any atom is -0.463 e. The second-order valence-electron chi connectivity index (χ2n) is 5.25. The van der Waals surface area contributed by atoms with Gasteiger partial charge in [-0.1, -0.05) is 12.1 Å². The standard InChI is InChI=1S/C17H16N2O7/c1-4-25-15(22)10(2)26-16(23)17(9-18,24-3)19-13(20)11-7-5-6-8-12(11)14(19)21/h5-8,10H,4H2,1-3H3/t10-,17+/m0/s1. The van der Waals surface area contributed by atoms with E-state index in [1.165, 1.54) is 37.3 Å². The minimum absolute atomic E-state index is 0.0282. The number of nitrogens with zero attached hydrogens (tertiary/aromatic N) is 2. The molecule has 1 heterocycles. The molecule has 0 saturated carbocycles. The Morgan fingerprint density at radius 2 is 1.77 bits per heavy atom. The van der Waals surface area contributed by atoms with E-state index in [0.717, 1.165) is 7.11 Å². The molecule has 2 amide bonds. The second kappa shape index (κ2) is 7.33. The molecule has 1 aromatic rings. The highest BCUT2D eigenvalue weighted by Gasteiger charge is 2.57. The Morgan fingerprint density at radius 1 is 1.23 bits per heavy atom. The van der Waals surface area contributed by atoms with E-state index in [0.29, 0.717) is 4.90 Å². The second-order valence-corrected chi connectivity index (χ2v) is 5.25. The Balaban J connectivity index is 2.38. The zero-order valence-electron chi connectivity index (χ0n) is 14.3. The Labute approximate surface area is 149 Å². The fraction of sp³-hybridized carbons (Fsp3) is 0.353. The first-order valence-electron chi connectivity index (χ1n) is 7.66. The maximum atomic E-state index is 12.6. The first kappa shape index (κ1) is 19.1. The molecule has 0 unspecified atom stereocenters. The number of esters is 2. The largest absolute Gasteiger partial charge is 0.463 e. The van der Waals surface area contributed by atoms with Crippen LogP contribution < -0.4 is 0 Å². The predicted molar refractivity (Wildman–Crippen MR) is 84.5 cm³/mol. The van der Waals surface area contributed by atoms with Crippen LogP contribution in [0.1, 0.15) is 34.6 Å². The monoisotopic (exact) mass is 360 g/mol. The molecule has 1 aromatic carbocycles. The summed E-state index contributed by atoms with van der Waals surface area (Å²) in [5, 5.41) is 9.54. The number of hydrogen-bond donors (Lipinski definition) is 0. The predicted octanol–water partition coefficient (Wildman–Crippen LogP) is 0.644. The van der Waals surface area contributed by atoms with Crippen LogP contribution in [0.25, 0.3) is 0 Å². The third-order valence-electron chi connectivity index (χ3n) is 3.73. The molecular weight excluding hydrogens is 344 g/mol. The summed E-state index contributed by atoms with van der Waals surface area (Å²) in [6.07, 6.45) is -1.36. The highest BCUT2D eigenvalue weighted by molar-refractivity contribution is 6.23. The molecule has 136 valence electrons. The summed E-state index contributed by atoms with van der Waals surface area (Å²) in [6.45, 7) is 2.86. The first-order chi connectivity index (χ1) is 12.3. The number of hydrogen-bond acceptors (Lipinski definition) is 8. The Hall–Kier alpha value is -3.25.